The van der Waals surface area contributed by atoms with Gasteiger partial charge in [0, 0.05) is 5.97 Å². The molecule has 0 spiro atoms. The van der Waals surface area contributed by atoms with Crippen LogP contribution in [-0.2, 0) is 4.79 Å². The fraction of sp³-hybridized carbons (Fsp3) is 0.889. The van der Waals surface area contributed by atoms with Gasteiger partial charge in [-0.1, -0.05) is 6.92 Å². The Labute approximate surface area is 74.4 Å². The van der Waals surface area contributed by atoms with Crippen molar-refractivity contribution in [2.45, 2.75) is 26.7 Å². The molecule has 1 rings (SSSR count). The highest BCUT2D eigenvalue weighted by molar-refractivity contribution is 5.60. The van der Waals surface area contributed by atoms with Crippen LogP contribution in [0.5, 0.6) is 0 Å². The summed E-state index contributed by atoms with van der Waals surface area (Å²) >= 11 is 0. The number of carboxylic acid groups (broad SMARTS) is 1. The van der Waals surface area contributed by atoms with E-state index in [2.05, 4.69) is 14.0 Å². The van der Waals surface area contributed by atoms with Gasteiger partial charge in [-0.05, 0) is 25.7 Å². The molecule has 3 nitrogen and oxygen atoms in total. The number of rotatable bonds is 0. The van der Waals surface area contributed by atoms with Crippen molar-refractivity contribution in [3.63, 3.8) is 0 Å². The summed E-state index contributed by atoms with van der Waals surface area (Å²) in [6.07, 6.45) is 2.87. The fourth-order valence-electron chi connectivity index (χ4n) is 1.25. The van der Waals surface area contributed by atoms with Crippen LogP contribution in [0, 0.1) is 5.92 Å². The Hall–Kier alpha value is -0.570. The predicted molar refractivity (Wildman–Crippen MR) is 45.7 cm³/mol. The van der Waals surface area contributed by atoms with Crippen molar-refractivity contribution in [3.05, 3.63) is 0 Å². The first kappa shape index (κ1) is 11.4. The molecule has 1 aliphatic rings. The molecule has 72 valence electrons. The fourth-order valence-corrected chi connectivity index (χ4v) is 1.25. The first-order valence-electron chi connectivity index (χ1n) is 4.51. The predicted octanol–water partition coefficient (Wildman–Crippen LogP) is -1.31. The van der Waals surface area contributed by atoms with Gasteiger partial charge in [0.25, 0.3) is 0 Å². The Bertz CT molecular complexity index is 114. The van der Waals surface area contributed by atoms with Gasteiger partial charge in [0.15, 0.2) is 0 Å². The number of carbonyl (C=O) groups is 1. The number of nitrogens with one attached hydrogen (secondary N) is 1. The quantitative estimate of drug-likeness (QED) is 0.494. The van der Waals surface area contributed by atoms with E-state index >= 15 is 0 Å². The third-order valence-electron chi connectivity index (χ3n) is 2.13. The van der Waals surface area contributed by atoms with Crippen molar-refractivity contribution in [2.24, 2.45) is 5.92 Å². The molecule has 0 aromatic carbocycles. The van der Waals surface area contributed by atoms with Crippen LogP contribution >= 0.6 is 0 Å². The molecule has 0 radical (unpaired) electrons. The Morgan fingerprint density at radius 3 is 2.00 bits per heavy atom. The van der Waals surface area contributed by atoms with Crippen LogP contribution in [0.2, 0.25) is 0 Å². The number of carboxylic acids is 1. The summed E-state index contributed by atoms with van der Waals surface area (Å²) < 4.78 is 0. The zero-order valence-corrected chi connectivity index (χ0v) is 8.22. The zero-order chi connectivity index (χ0) is 9.56. The van der Waals surface area contributed by atoms with Crippen molar-refractivity contribution in [2.75, 3.05) is 20.1 Å². The summed E-state index contributed by atoms with van der Waals surface area (Å²) in [6, 6.07) is 0. The van der Waals surface area contributed by atoms with E-state index in [0.717, 1.165) is 12.8 Å². The number of hydrogen-bond acceptors (Lipinski definition) is 2. The van der Waals surface area contributed by atoms with Crippen molar-refractivity contribution < 1.29 is 14.8 Å². The molecule has 1 N–H and O–H groups in total. The van der Waals surface area contributed by atoms with Gasteiger partial charge in [-0.3, -0.25) is 0 Å². The molecule has 0 aromatic rings. The molecule has 1 fully saturated rings. The minimum absolute atomic E-state index is 0.972. The molecule has 0 bridgehead atoms. The average molecular weight is 173 g/mol. The highest BCUT2D eigenvalue weighted by Crippen LogP contribution is 2.05. The second-order valence-corrected chi connectivity index (χ2v) is 3.63. The van der Waals surface area contributed by atoms with Gasteiger partial charge < -0.3 is 14.8 Å². The van der Waals surface area contributed by atoms with Gasteiger partial charge >= 0.3 is 0 Å². The van der Waals surface area contributed by atoms with Crippen LogP contribution < -0.4 is 10.0 Å². The van der Waals surface area contributed by atoms with Crippen LogP contribution in [0.1, 0.15) is 26.7 Å². The number of likely N-dealkylation sites (tertiary alicyclic amines) is 1. The number of quaternary nitrogens is 1. The molecule has 0 atom stereocenters. The van der Waals surface area contributed by atoms with Crippen LogP contribution in [0.15, 0.2) is 0 Å². The third kappa shape index (κ3) is 7.54. The summed E-state index contributed by atoms with van der Waals surface area (Å²) in [6.45, 7) is 6.11. The smallest absolute Gasteiger partial charge is 0.0771 e. The Kier molecular flexibility index (Phi) is 5.72. The summed E-state index contributed by atoms with van der Waals surface area (Å²) in [4.78, 5) is 10.6. The first-order valence-corrected chi connectivity index (χ1v) is 4.51. The lowest BCUT2D eigenvalue weighted by atomic mass is 10.00. The third-order valence-corrected chi connectivity index (χ3v) is 2.13. The van der Waals surface area contributed by atoms with Gasteiger partial charge in [-0.25, -0.2) is 0 Å². The molecule has 0 aromatic heterocycles. The Morgan fingerprint density at radius 2 is 1.75 bits per heavy atom. The Balaban J connectivity index is 0.000000261. The largest absolute Gasteiger partial charge is 0.550 e. The molecule has 0 saturated carbocycles. The van der Waals surface area contributed by atoms with Gasteiger partial charge in [-0.2, -0.15) is 0 Å². The molecule has 12 heavy (non-hydrogen) atoms. The number of aliphatic carboxylic acids is 1. The summed E-state index contributed by atoms with van der Waals surface area (Å²) in [5.41, 5.74) is 0. The lowest BCUT2D eigenvalue weighted by Crippen LogP contribution is -3.10. The second-order valence-electron chi connectivity index (χ2n) is 3.63. The SMILES string of the molecule is CC(=O)[O-].CC1CC[NH+](C)CC1. The maximum Gasteiger partial charge on any atom is 0.0771 e. The standard InChI is InChI=1S/C7H15N.C2H4O2/c1-7-3-5-8(2)6-4-7;1-2(3)4/h7H,3-6H2,1-2H3;1H3,(H,3,4). The number of carbonyl (C=O) groups excluding carboxylic acids is 1. The zero-order valence-electron chi connectivity index (χ0n) is 8.22. The van der Waals surface area contributed by atoms with Crippen LogP contribution in [0.25, 0.3) is 0 Å². The van der Waals surface area contributed by atoms with Crippen molar-refractivity contribution in [1.82, 2.24) is 0 Å². The minimum atomic E-state index is -1.08. The summed E-state index contributed by atoms with van der Waals surface area (Å²) in [5.74, 6) is -0.0845. The second kappa shape index (κ2) is 6.00. The van der Waals surface area contributed by atoms with E-state index in [0.29, 0.717) is 0 Å². The maximum absolute atomic E-state index is 8.89. The van der Waals surface area contributed by atoms with Gasteiger partial charge in [0.2, 0.25) is 0 Å². The molecular formula is C9H19NO2. The van der Waals surface area contributed by atoms with E-state index in [1.807, 2.05) is 0 Å². The molecule has 1 aliphatic heterocycles. The van der Waals surface area contributed by atoms with Crippen LogP contribution in [0.4, 0.5) is 0 Å². The molecular weight excluding hydrogens is 154 g/mol. The lowest BCUT2D eigenvalue weighted by molar-refractivity contribution is -0.885. The van der Waals surface area contributed by atoms with Crippen molar-refractivity contribution >= 4 is 5.97 Å². The van der Waals surface area contributed by atoms with Crippen LogP contribution in [0.3, 0.4) is 0 Å². The summed E-state index contributed by atoms with van der Waals surface area (Å²) in [5, 5.41) is 8.89. The molecule has 1 saturated heterocycles. The van der Waals surface area contributed by atoms with E-state index in [1.54, 1.807) is 4.90 Å². The molecule has 0 unspecified atom stereocenters. The normalized spacial score (nSPS) is 28.6. The van der Waals surface area contributed by atoms with Crippen molar-refractivity contribution in [1.29, 1.82) is 0 Å². The molecule has 0 aliphatic carbocycles. The van der Waals surface area contributed by atoms with Gasteiger partial charge in [0.05, 0.1) is 20.1 Å². The molecule has 3 heteroatoms. The molecule has 0 amide bonds. The average Bonchev–Trinajstić information content (AvgIpc) is 1.94. The highest BCUT2D eigenvalue weighted by atomic mass is 16.4. The van der Waals surface area contributed by atoms with Crippen LogP contribution in [-0.4, -0.2) is 26.1 Å². The number of piperidine rings is 1. The summed E-state index contributed by atoms with van der Waals surface area (Å²) in [7, 11) is 2.28. The Morgan fingerprint density at radius 1 is 1.42 bits per heavy atom. The van der Waals surface area contributed by atoms with Gasteiger partial charge in [0.1, 0.15) is 0 Å². The monoisotopic (exact) mass is 173 g/mol. The van der Waals surface area contributed by atoms with E-state index in [4.69, 9.17) is 9.90 Å². The topological polar surface area (TPSA) is 44.6 Å². The maximum atomic E-state index is 8.89. The van der Waals surface area contributed by atoms with Crippen molar-refractivity contribution in [3.8, 4) is 0 Å². The van der Waals surface area contributed by atoms with E-state index < -0.39 is 5.97 Å². The van der Waals surface area contributed by atoms with E-state index in [9.17, 15) is 0 Å². The van der Waals surface area contributed by atoms with E-state index in [1.165, 1.54) is 25.9 Å². The lowest BCUT2D eigenvalue weighted by Gasteiger charge is -2.23. The number of hydrogen-bond donors (Lipinski definition) is 1. The molecule has 1 heterocycles. The van der Waals surface area contributed by atoms with Gasteiger partial charge in [-0.15, -0.1) is 0 Å². The highest BCUT2D eigenvalue weighted by Gasteiger charge is 2.13. The first-order chi connectivity index (χ1) is 5.52. The van der Waals surface area contributed by atoms with E-state index in [-0.39, 0.29) is 0 Å². The minimum Gasteiger partial charge on any atom is -0.550 e.